The summed E-state index contributed by atoms with van der Waals surface area (Å²) in [6.07, 6.45) is 0. The molecular formula is C33H23N3O5. The van der Waals surface area contributed by atoms with Crippen molar-refractivity contribution in [2.75, 3.05) is 42.4 Å². The number of nitrogens with zero attached hydrogens (tertiary/aromatic N) is 3. The van der Waals surface area contributed by atoms with Crippen molar-refractivity contribution in [2.24, 2.45) is 0 Å². The van der Waals surface area contributed by atoms with E-state index in [2.05, 4.69) is 0 Å². The predicted molar refractivity (Wildman–Crippen MR) is 156 cm³/mol. The number of amides is 2. The van der Waals surface area contributed by atoms with Gasteiger partial charge >= 0.3 is 0 Å². The highest BCUT2D eigenvalue weighted by molar-refractivity contribution is 6.52. The van der Waals surface area contributed by atoms with E-state index in [0.717, 1.165) is 39.1 Å². The van der Waals surface area contributed by atoms with Crippen LogP contribution in [-0.2, 0) is 9.59 Å². The lowest BCUT2D eigenvalue weighted by Crippen LogP contribution is -2.24. The number of hydrogen-bond acceptors (Lipinski definition) is 6. The van der Waals surface area contributed by atoms with Crippen LogP contribution < -0.4 is 14.7 Å². The minimum atomic E-state index is -0.568. The Hall–Kier alpha value is -5.37. The maximum atomic E-state index is 12.7. The Kier molecular flexibility index (Phi) is 5.15. The summed E-state index contributed by atoms with van der Waals surface area (Å²) in [6, 6.07) is 22.4. The normalized spacial score (nSPS) is 15.7. The van der Waals surface area contributed by atoms with Gasteiger partial charge in [0.05, 0.1) is 29.0 Å². The number of benzene rings is 4. The zero-order chi connectivity index (χ0) is 28.7. The van der Waals surface area contributed by atoms with Crippen molar-refractivity contribution in [1.29, 1.82) is 0 Å². The molecular weight excluding hydrogens is 518 g/mol. The highest BCUT2D eigenvalue weighted by Crippen LogP contribution is 2.39. The largest absolute Gasteiger partial charge is 0.366 e. The Morgan fingerprint density at radius 2 is 0.854 bits per heavy atom. The van der Waals surface area contributed by atoms with Gasteiger partial charge in [-0.3, -0.25) is 24.0 Å². The third-order valence-electron chi connectivity index (χ3n) is 8.22. The Morgan fingerprint density at radius 3 is 1.29 bits per heavy atom. The van der Waals surface area contributed by atoms with E-state index in [-0.39, 0.29) is 5.78 Å². The Morgan fingerprint density at radius 1 is 0.463 bits per heavy atom. The van der Waals surface area contributed by atoms with Gasteiger partial charge in [-0.15, -0.1) is 0 Å². The second-order valence-electron chi connectivity index (χ2n) is 10.7. The molecule has 0 bridgehead atoms. The molecule has 4 aromatic carbocycles. The van der Waals surface area contributed by atoms with Gasteiger partial charge in [0.1, 0.15) is 0 Å². The fraction of sp³-hybridized carbons (Fsp3) is 0.121. The van der Waals surface area contributed by atoms with Gasteiger partial charge in [0.2, 0.25) is 0 Å². The number of rotatable bonds is 3. The van der Waals surface area contributed by atoms with Gasteiger partial charge in [-0.05, 0) is 88.0 Å². The van der Waals surface area contributed by atoms with Gasteiger partial charge in [0.25, 0.3) is 23.4 Å². The summed E-state index contributed by atoms with van der Waals surface area (Å²) in [6.45, 7) is 0.330. The molecule has 0 N–H and O–H groups in total. The van der Waals surface area contributed by atoms with E-state index in [1.165, 1.54) is 9.80 Å². The van der Waals surface area contributed by atoms with Crippen LogP contribution in [0.3, 0.4) is 0 Å². The van der Waals surface area contributed by atoms with E-state index in [9.17, 15) is 24.0 Å². The van der Waals surface area contributed by atoms with Gasteiger partial charge in [-0.1, -0.05) is 18.2 Å². The first-order valence-electron chi connectivity index (χ1n) is 13.1. The van der Waals surface area contributed by atoms with Crippen LogP contribution in [0.4, 0.5) is 17.1 Å². The molecule has 200 valence electrons. The standard InChI is InChI=1S/C33H23N3O5/c1-34-16-29(37)23-13-17(4-7-26(23)34)20-10-21(18-5-8-27-24(14-18)30(38)32(40)35(27)2)12-22(11-20)19-6-9-28-25(15-19)31(39)33(41)36(28)3/h4-15H,16H2,1-3H3. The summed E-state index contributed by atoms with van der Waals surface area (Å²) in [7, 11) is 5.04. The van der Waals surface area contributed by atoms with Gasteiger partial charge in [0.15, 0.2) is 5.78 Å². The molecule has 0 spiro atoms. The fourth-order valence-electron chi connectivity index (χ4n) is 5.92. The molecule has 0 aliphatic carbocycles. The Balaban J connectivity index is 1.41. The number of likely N-dealkylation sites (N-methyl/N-ethyl adjacent to an activating group) is 3. The van der Waals surface area contributed by atoms with Crippen molar-refractivity contribution in [1.82, 2.24) is 0 Å². The van der Waals surface area contributed by atoms with Crippen LogP contribution in [0.2, 0.25) is 0 Å². The maximum Gasteiger partial charge on any atom is 0.299 e. The summed E-state index contributed by atoms with van der Waals surface area (Å²) in [5.41, 5.74) is 8.10. The van der Waals surface area contributed by atoms with Crippen LogP contribution in [0, 0.1) is 0 Å². The van der Waals surface area contributed by atoms with Crippen LogP contribution in [0.15, 0.2) is 72.8 Å². The van der Waals surface area contributed by atoms with Crippen LogP contribution in [0.5, 0.6) is 0 Å². The second kappa shape index (κ2) is 8.56. The lowest BCUT2D eigenvalue weighted by Gasteiger charge is -2.15. The first-order valence-corrected chi connectivity index (χ1v) is 13.1. The SMILES string of the molecule is CN1CC(=O)c2cc(-c3cc(-c4ccc5c(c4)C(=O)C(=O)N5C)cc(-c4ccc5c(c4)C(=O)C(=O)N5C)c3)ccc21. The molecule has 0 fully saturated rings. The van der Waals surface area contributed by atoms with Crippen molar-refractivity contribution in [3.05, 3.63) is 89.5 Å². The van der Waals surface area contributed by atoms with Crippen molar-refractivity contribution >= 4 is 46.2 Å². The highest BCUT2D eigenvalue weighted by atomic mass is 16.2. The highest BCUT2D eigenvalue weighted by Gasteiger charge is 2.34. The Labute approximate surface area is 235 Å². The zero-order valence-corrected chi connectivity index (χ0v) is 22.5. The smallest absolute Gasteiger partial charge is 0.299 e. The van der Waals surface area contributed by atoms with Crippen molar-refractivity contribution < 1.29 is 24.0 Å². The molecule has 3 heterocycles. The Bertz CT molecular complexity index is 1820. The molecule has 0 saturated carbocycles. The average Bonchev–Trinajstić information content (AvgIpc) is 3.49. The molecule has 2 amide bonds. The minimum Gasteiger partial charge on any atom is -0.366 e. The van der Waals surface area contributed by atoms with Gasteiger partial charge in [0, 0.05) is 32.4 Å². The van der Waals surface area contributed by atoms with E-state index >= 15 is 0 Å². The summed E-state index contributed by atoms with van der Waals surface area (Å²) >= 11 is 0. The molecule has 7 rings (SSSR count). The molecule has 4 aromatic rings. The number of hydrogen-bond donors (Lipinski definition) is 0. The number of anilines is 3. The number of fused-ring (bicyclic) bond motifs is 3. The molecule has 0 saturated heterocycles. The van der Waals surface area contributed by atoms with E-state index in [0.29, 0.717) is 34.6 Å². The molecule has 0 atom stereocenters. The molecule has 8 nitrogen and oxygen atoms in total. The molecule has 3 aliphatic rings. The summed E-state index contributed by atoms with van der Waals surface area (Å²) in [5.74, 6) is -2.18. The molecule has 8 heteroatoms. The first-order chi connectivity index (χ1) is 19.6. The number of ketones is 3. The predicted octanol–water partition coefficient (Wildman–Crippen LogP) is 4.64. The van der Waals surface area contributed by atoms with Gasteiger partial charge in [-0.25, -0.2) is 0 Å². The third kappa shape index (κ3) is 3.57. The number of carbonyl (C=O) groups is 5. The fourth-order valence-corrected chi connectivity index (χ4v) is 5.92. The summed E-state index contributed by atoms with van der Waals surface area (Å²) in [4.78, 5) is 67.1. The van der Waals surface area contributed by atoms with E-state index < -0.39 is 23.4 Å². The van der Waals surface area contributed by atoms with Crippen molar-refractivity contribution in [3.8, 4) is 33.4 Å². The average molecular weight is 542 g/mol. The number of carbonyl (C=O) groups excluding carboxylic acids is 5. The number of Topliss-reactive ketones (excluding diaryl/α,β-unsaturated/α-hetero) is 3. The molecule has 0 unspecified atom stereocenters. The van der Waals surface area contributed by atoms with Crippen molar-refractivity contribution in [2.45, 2.75) is 0 Å². The minimum absolute atomic E-state index is 0.0533. The van der Waals surface area contributed by atoms with Crippen molar-refractivity contribution in [3.63, 3.8) is 0 Å². The zero-order valence-electron chi connectivity index (χ0n) is 22.5. The monoisotopic (exact) mass is 541 g/mol. The molecule has 0 radical (unpaired) electrons. The van der Waals surface area contributed by atoms with Gasteiger partial charge in [-0.2, -0.15) is 0 Å². The topological polar surface area (TPSA) is 95.1 Å². The lowest BCUT2D eigenvalue weighted by atomic mass is 9.91. The van der Waals surface area contributed by atoms with E-state index in [4.69, 9.17) is 0 Å². The van der Waals surface area contributed by atoms with E-state index in [1.54, 1.807) is 38.4 Å². The molecule has 0 aromatic heterocycles. The summed E-state index contributed by atoms with van der Waals surface area (Å²) < 4.78 is 0. The quantitative estimate of drug-likeness (QED) is 0.351. The lowest BCUT2D eigenvalue weighted by molar-refractivity contribution is -0.114. The molecule has 3 aliphatic heterocycles. The van der Waals surface area contributed by atoms with Crippen LogP contribution in [0.1, 0.15) is 31.1 Å². The van der Waals surface area contributed by atoms with Crippen LogP contribution in [-0.4, -0.2) is 56.9 Å². The third-order valence-corrected chi connectivity index (χ3v) is 8.22. The first kappa shape index (κ1) is 24.7. The van der Waals surface area contributed by atoms with Gasteiger partial charge < -0.3 is 14.7 Å². The second-order valence-corrected chi connectivity index (χ2v) is 10.7. The maximum absolute atomic E-state index is 12.7. The van der Waals surface area contributed by atoms with Crippen LogP contribution >= 0.6 is 0 Å². The summed E-state index contributed by atoms with van der Waals surface area (Å²) in [5, 5.41) is 0. The van der Waals surface area contributed by atoms with Crippen LogP contribution in [0.25, 0.3) is 33.4 Å². The molecule has 41 heavy (non-hydrogen) atoms. The van der Waals surface area contributed by atoms with E-state index in [1.807, 2.05) is 60.5 Å².